The highest BCUT2D eigenvalue weighted by atomic mass is 15.4. The van der Waals surface area contributed by atoms with Crippen LogP contribution in [0.1, 0.15) is 30.6 Å². The van der Waals surface area contributed by atoms with Gasteiger partial charge >= 0.3 is 0 Å². The second-order valence-corrected chi connectivity index (χ2v) is 4.22. The average molecular weight is 246 g/mol. The molecule has 2 heterocycles. The highest BCUT2D eigenvalue weighted by Gasteiger charge is 2.12. The summed E-state index contributed by atoms with van der Waals surface area (Å²) in [5.74, 6) is 3.21. The van der Waals surface area contributed by atoms with E-state index in [9.17, 15) is 0 Å². The highest BCUT2D eigenvalue weighted by Crippen LogP contribution is 2.17. The van der Waals surface area contributed by atoms with Crippen LogP contribution in [0.25, 0.3) is 5.82 Å². The minimum absolute atomic E-state index is 0.744. The maximum absolute atomic E-state index is 4.35. The summed E-state index contributed by atoms with van der Waals surface area (Å²) in [7, 11) is 0. The molecule has 2 aromatic heterocycles. The van der Waals surface area contributed by atoms with E-state index in [0.29, 0.717) is 0 Å². The molecule has 2 aromatic rings. The molecular weight excluding hydrogens is 228 g/mol. The maximum Gasteiger partial charge on any atom is 0.163 e. The third-order valence-electron chi connectivity index (χ3n) is 2.68. The number of hydrogen-bond acceptors (Lipinski definition) is 5. The van der Waals surface area contributed by atoms with Gasteiger partial charge in [-0.25, -0.2) is 15.0 Å². The van der Waals surface area contributed by atoms with Crippen LogP contribution in [-0.2, 0) is 0 Å². The van der Waals surface area contributed by atoms with Crippen molar-refractivity contribution in [2.45, 2.75) is 34.1 Å². The van der Waals surface area contributed by atoms with E-state index in [1.54, 1.807) is 11.0 Å². The summed E-state index contributed by atoms with van der Waals surface area (Å²) in [4.78, 5) is 12.8. The van der Waals surface area contributed by atoms with Crippen LogP contribution in [0.4, 0.5) is 5.82 Å². The molecule has 18 heavy (non-hydrogen) atoms. The van der Waals surface area contributed by atoms with Gasteiger partial charge in [0.1, 0.15) is 23.8 Å². The van der Waals surface area contributed by atoms with Crippen LogP contribution in [0.5, 0.6) is 0 Å². The third-order valence-corrected chi connectivity index (χ3v) is 2.68. The van der Waals surface area contributed by atoms with E-state index in [4.69, 9.17) is 0 Å². The second-order valence-electron chi connectivity index (χ2n) is 4.22. The van der Waals surface area contributed by atoms with Gasteiger partial charge in [0, 0.05) is 12.1 Å². The topological polar surface area (TPSA) is 68.5 Å². The van der Waals surface area contributed by atoms with E-state index >= 15 is 0 Å². The van der Waals surface area contributed by atoms with Gasteiger partial charge in [0.15, 0.2) is 5.82 Å². The van der Waals surface area contributed by atoms with E-state index in [0.717, 1.165) is 41.8 Å². The van der Waals surface area contributed by atoms with Crippen molar-refractivity contribution < 1.29 is 0 Å². The fourth-order valence-electron chi connectivity index (χ4n) is 1.80. The fourth-order valence-corrected chi connectivity index (χ4v) is 1.80. The number of hydrogen-bond donors (Lipinski definition) is 1. The van der Waals surface area contributed by atoms with E-state index in [-0.39, 0.29) is 0 Å². The van der Waals surface area contributed by atoms with Crippen molar-refractivity contribution in [2.75, 3.05) is 11.9 Å². The Bertz CT molecular complexity index is 545. The summed E-state index contributed by atoms with van der Waals surface area (Å²) in [6.07, 6.45) is 2.61. The molecule has 1 N–H and O–H groups in total. The van der Waals surface area contributed by atoms with Crippen LogP contribution in [0.15, 0.2) is 6.33 Å². The summed E-state index contributed by atoms with van der Waals surface area (Å²) in [6.45, 7) is 8.79. The Balaban J connectivity index is 2.42. The van der Waals surface area contributed by atoms with Gasteiger partial charge in [-0.2, -0.15) is 4.68 Å². The molecular formula is C12H18N6. The van der Waals surface area contributed by atoms with E-state index in [1.165, 1.54) is 0 Å². The number of rotatable bonds is 4. The first-order valence-electron chi connectivity index (χ1n) is 6.09. The monoisotopic (exact) mass is 246 g/mol. The summed E-state index contributed by atoms with van der Waals surface area (Å²) in [6, 6.07) is 0. The summed E-state index contributed by atoms with van der Waals surface area (Å²) >= 11 is 0. The lowest BCUT2D eigenvalue weighted by atomic mass is 10.3. The van der Waals surface area contributed by atoms with Crippen molar-refractivity contribution in [1.82, 2.24) is 24.7 Å². The van der Waals surface area contributed by atoms with E-state index < -0.39 is 0 Å². The van der Waals surface area contributed by atoms with Gasteiger partial charge in [0.2, 0.25) is 0 Å². The first-order valence-corrected chi connectivity index (χ1v) is 6.09. The standard InChI is InChI=1S/C12H18N6/c1-5-6-13-11-8(2)12(15-7-14-11)18-10(4)16-9(3)17-18/h7H,5-6H2,1-4H3,(H,13,14,15). The summed E-state index contributed by atoms with van der Waals surface area (Å²) in [5.41, 5.74) is 0.985. The third kappa shape index (κ3) is 2.32. The molecule has 2 rings (SSSR count). The van der Waals surface area contributed by atoms with Gasteiger partial charge in [-0.05, 0) is 27.2 Å². The highest BCUT2D eigenvalue weighted by molar-refractivity contribution is 5.50. The molecule has 6 heteroatoms. The molecule has 6 nitrogen and oxygen atoms in total. The lowest BCUT2D eigenvalue weighted by molar-refractivity contribution is 0.789. The lowest BCUT2D eigenvalue weighted by Crippen LogP contribution is -2.10. The number of aryl methyl sites for hydroxylation is 2. The van der Waals surface area contributed by atoms with Crippen molar-refractivity contribution in [3.63, 3.8) is 0 Å². The zero-order chi connectivity index (χ0) is 13.1. The molecule has 96 valence electrons. The Morgan fingerprint density at radius 1 is 1.22 bits per heavy atom. The molecule has 0 aliphatic carbocycles. The van der Waals surface area contributed by atoms with Crippen LogP contribution in [0.2, 0.25) is 0 Å². The van der Waals surface area contributed by atoms with Gasteiger partial charge < -0.3 is 5.32 Å². The van der Waals surface area contributed by atoms with E-state index in [2.05, 4.69) is 32.3 Å². The van der Waals surface area contributed by atoms with Crippen molar-refractivity contribution in [3.8, 4) is 5.82 Å². The quantitative estimate of drug-likeness (QED) is 0.891. The lowest BCUT2D eigenvalue weighted by Gasteiger charge is -2.11. The minimum atomic E-state index is 0.744. The molecule has 0 unspecified atom stereocenters. The Morgan fingerprint density at radius 3 is 2.61 bits per heavy atom. The van der Waals surface area contributed by atoms with Gasteiger partial charge in [-0.1, -0.05) is 6.92 Å². The molecule has 0 amide bonds. The summed E-state index contributed by atoms with van der Waals surface area (Å²) in [5, 5.41) is 7.64. The van der Waals surface area contributed by atoms with Crippen molar-refractivity contribution >= 4 is 5.82 Å². The largest absolute Gasteiger partial charge is 0.370 e. The molecule has 0 radical (unpaired) electrons. The molecule has 0 bridgehead atoms. The van der Waals surface area contributed by atoms with E-state index in [1.807, 2.05) is 20.8 Å². The van der Waals surface area contributed by atoms with Crippen LogP contribution < -0.4 is 5.32 Å². The predicted molar refractivity (Wildman–Crippen MR) is 69.9 cm³/mol. The number of nitrogens with zero attached hydrogens (tertiary/aromatic N) is 5. The SMILES string of the molecule is CCCNc1ncnc(-n2nc(C)nc2C)c1C. The zero-order valence-corrected chi connectivity index (χ0v) is 11.2. The Morgan fingerprint density at radius 2 is 2.00 bits per heavy atom. The Kier molecular flexibility index (Phi) is 3.55. The molecule has 0 spiro atoms. The molecule has 0 aromatic carbocycles. The zero-order valence-electron chi connectivity index (χ0n) is 11.2. The minimum Gasteiger partial charge on any atom is -0.370 e. The maximum atomic E-state index is 4.35. The molecule has 0 saturated carbocycles. The first kappa shape index (κ1) is 12.5. The average Bonchev–Trinajstić information content (AvgIpc) is 2.67. The smallest absolute Gasteiger partial charge is 0.163 e. The Hall–Kier alpha value is -1.98. The van der Waals surface area contributed by atoms with Crippen molar-refractivity contribution in [3.05, 3.63) is 23.5 Å². The van der Waals surface area contributed by atoms with Gasteiger partial charge in [0.25, 0.3) is 0 Å². The normalized spacial score (nSPS) is 10.7. The molecule has 0 saturated heterocycles. The van der Waals surface area contributed by atoms with Crippen LogP contribution in [-0.4, -0.2) is 31.3 Å². The first-order chi connectivity index (χ1) is 8.63. The van der Waals surface area contributed by atoms with Crippen LogP contribution in [0, 0.1) is 20.8 Å². The van der Waals surface area contributed by atoms with Gasteiger partial charge in [0.05, 0.1) is 0 Å². The molecule has 0 aliphatic heterocycles. The number of nitrogens with one attached hydrogen (secondary N) is 1. The second kappa shape index (κ2) is 5.12. The number of aromatic nitrogens is 5. The van der Waals surface area contributed by atoms with Crippen molar-refractivity contribution in [1.29, 1.82) is 0 Å². The molecule has 0 atom stereocenters. The summed E-state index contributed by atoms with van der Waals surface area (Å²) < 4.78 is 1.75. The predicted octanol–water partition coefficient (Wildman–Crippen LogP) is 1.80. The van der Waals surface area contributed by atoms with Gasteiger partial charge in [-0.3, -0.25) is 0 Å². The van der Waals surface area contributed by atoms with Crippen molar-refractivity contribution in [2.24, 2.45) is 0 Å². The Labute approximate surface area is 106 Å². The van der Waals surface area contributed by atoms with Crippen LogP contribution >= 0.6 is 0 Å². The van der Waals surface area contributed by atoms with Crippen LogP contribution in [0.3, 0.4) is 0 Å². The molecule has 0 fully saturated rings. The van der Waals surface area contributed by atoms with Gasteiger partial charge in [-0.15, -0.1) is 5.10 Å². The number of anilines is 1. The fraction of sp³-hybridized carbons (Fsp3) is 0.500. The molecule has 0 aliphatic rings.